The Hall–Kier alpha value is -1.16. The van der Waals surface area contributed by atoms with E-state index in [9.17, 15) is 9.59 Å². The molecule has 2 amide bonds. The normalized spacial score (nSPS) is 36.7. The van der Waals surface area contributed by atoms with E-state index in [1.807, 2.05) is 12.2 Å². The third-order valence-corrected chi connectivity index (χ3v) is 4.01. The SMILES string of the molecule is O=C1[C@H]2CC=CC[C@H]2C(=O)N1C[C@@H]1CCCO1. The van der Waals surface area contributed by atoms with E-state index < -0.39 is 0 Å². The molecule has 2 heterocycles. The summed E-state index contributed by atoms with van der Waals surface area (Å²) in [5.41, 5.74) is 0. The molecule has 0 aromatic carbocycles. The zero-order valence-corrected chi connectivity index (χ0v) is 9.80. The Kier molecular flexibility index (Phi) is 2.74. The van der Waals surface area contributed by atoms with E-state index in [1.54, 1.807) is 0 Å². The van der Waals surface area contributed by atoms with Crippen molar-refractivity contribution in [1.82, 2.24) is 4.90 Å². The number of likely N-dealkylation sites (tertiary alicyclic amines) is 1. The Morgan fingerprint density at radius 3 is 2.35 bits per heavy atom. The summed E-state index contributed by atoms with van der Waals surface area (Å²) >= 11 is 0. The molecule has 2 aliphatic heterocycles. The first-order chi connectivity index (χ1) is 8.27. The van der Waals surface area contributed by atoms with E-state index in [0.717, 1.165) is 32.3 Å². The molecule has 1 aliphatic carbocycles. The second kappa shape index (κ2) is 4.26. The Morgan fingerprint density at radius 2 is 1.82 bits per heavy atom. The lowest BCUT2D eigenvalue weighted by molar-refractivity contribution is -0.141. The van der Waals surface area contributed by atoms with Gasteiger partial charge in [-0.15, -0.1) is 0 Å². The molecule has 4 nitrogen and oxygen atoms in total. The van der Waals surface area contributed by atoms with Crippen LogP contribution in [0.2, 0.25) is 0 Å². The Morgan fingerprint density at radius 1 is 1.18 bits per heavy atom. The van der Waals surface area contributed by atoms with E-state index in [-0.39, 0.29) is 29.8 Å². The summed E-state index contributed by atoms with van der Waals surface area (Å²) < 4.78 is 5.50. The molecular formula is C13H17NO3. The van der Waals surface area contributed by atoms with Gasteiger partial charge in [0.1, 0.15) is 0 Å². The monoisotopic (exact) mass is 235 g/mol. The van der Waals surface area contributed by atoms with Gasteiger partial charge in [0.2, 0.25) is 11.8 Å². The van der Waals surface area contributed by atoms with Crippen LogP contribution in [-0.4, -0.2) is 36.0 Å². The fourth-order valence-corrected chi connectivity index (χ4v) is 3.04. The van der Waals surface area contributed by atoms with Crippen LogP contribution in [0.25, 0.3) is 0 Å². The number of carbonyl (C=O) groups excluding carboxylic acids is 2. The number of fused-ring (bicyclic) bond motifs is 1. The zero-order chi connectivity index (χ0) is 11.8. The molecule has 2 saturated heterocycles. The Labute approximate surface area is 101 Å². The molecule has 0 radical (unpaired) electrons. The molecule has 3 atom stereocenters. The van der Waals surface area contributed by atoms with Gasteiger partial charge in [0.15, 0.2) is 0 Å². The highest BCUT2D eigenvalue weighted by Gasteiger charge is 2.47. The lowest BCUT2D eigenvalue weighted by Gasteiger charge is -2.18. The van der Waals surface area contributed by atoms with Crippen molar-refractivity contribution in [3.05, 3.63) is 12.2 Å². The number of hydrogen-bond acceptors (Lipinski definition) is 3. The van der Waals surface area contributed by atoms with Crippen LogP contribution < -0.4 is 0 Å². The third-order valence-electron chi connectivity index (χ3n) is 4.01. The van der Waals surface area contributed by atoms with Gasteiger partial charge >= 0.3 is 0 Å². The molecule has 4 heteroatoms. The van der Waals surface area contributed by atoms with Crippen molar-refractivity contribution in [2.45, 2.75) is 31.8 Å². The van der Waals surface area contributed by atoms with Gasteiger partial charge in [-0.25, -0.2) is 0 Å². The van der Waals surface area contributed by atoms with Crippen molar-refractivity contribution in [2.24, 2.45) is 11.8 Å². The van der Waals surface area contributed by atoms with Gasteiger partial charge < -0.3 is 4.74 Å². The van der Waals surface area contributed by atoms with E-state index in [2.05, 4.69) is 0 Å². The van der Waals surface area contributed by atoms with E-state index >= 15 is 0 Å². The van der Waals surface area contributed by atoms with Crippen molar-refractivity contribution >= 4 is 11.8 Å². The molecule has 2 fully saturated rings. The predicted molar refractivity (Wildman–Crippen MR) is 61.0 cm³/mol. The number of amides is 2. The molecule has 0 saturated carbocycles. The number of nitrogens with zero attached hydrogens (tertiary/aromatic N) is 1. The fourth-order valence-electron chi connectivity index (χ4n) is 3.04. The van der Waals surface area contributed by atoms with Gasteiger partial charge in [0.25, 0.3) is 0 Å². The van der Waals surface area contributed by atoms with Gasteiger partial charge in [-0.05, 0) is 25.7 Å². The fraction of sp³-hybridized carbons (Fsp3) is 0.692. The lowest BCUT2D eigenvalue weighted by Crippen LogP contribution is -2.37. The van der Waals surface area contributed by atoms with Gasteiger partial charge in [0, 0.05) is 6.61 Å². The van der Waals surface area contributed by atoms with Crippen molar-refractivity contribution in [1.29, 1.82) is 0 Å². The molecular weight excluding hydrogens is 218 g/mol. The predicted octanol–water partition coefficient (Wildman–Crippen LogP) is 1.12. The highest BCUT2D eigenvalue weighted by Crippen LogP contribution is 2.35. The molecule has 0 aromatic heterocycles. The molecule has 0 N–H and O–H groups in total. The van der Waals surface area contributed by atoms with Crippen molar-refractivity contribution in [2.75, 3.05) is 13.2 Å². The van der Waals surface area contributed by atoms with Gasteiger partial charge in [-0.2, -0.15) is 0 Å². The average Bonchev–Trinajstić information content (AvgIpc) is 2.94. The summed E-state index contributed by atoms with van der Waals surface area (Å²) in [6.07, 6.45) is 7.54. The van der Waals surface area contributed by atoms with Crippen LogP contribution in [0.15, 0.2) is 12.2 Å². The third kappa shape index (κ3) is 1.80. The summed E-state index contributed by atoms with van der Waals surface area (Å²) in [5, 5.41) is 0. The Bertz CT molecular complexity index is 345. The second-order valence-corrected chi connectivity index (χ2v) is 5.08. The molecule has 17 heavy (non-hydrogen) atoms. The van der Waals surface area contributed by atoms with Crippen LogP contribution in [0.1, 0.15) is 25.7 Å². The van der Waals surface area contributed by atoms with Gasteiger partial charge in [-0.3, -0.25) is 14.5 Å². The number of hydrogen-bond donors (Lipinski definition) is 0. The number of carbonyl (C=O) groups is 2. The lowest BCUT2D eigenvalue weighted by atomic mass is 9.85. The van der Waals surface area contributed by atoms with E-state index in [4.69, 9.17) is 4.74 Å². The van der Waals surface area contributed by atoms with Crippen molar-refractivity contribution < 1.29 is 14.3 Å². The first kappa shape index (κ1) is 11.0. The van der Waals surface area contributed by atoms with Crippen LogP contribution in [0, 0.1) is 11.8 Å². The maximum Gasteiger partial charge on any atom is 0.233 e. The maximum atomic E-state index is 12.2. The zero-order valence-electron chi connectivity index (χ0n) is 9.80. The topological polar surface area (TPSA) is 46.6 Å². The van der Waals surface area contributed by atoms with Crippen LogP contribution in [-0.2, 0) is 14.3 Å². The number of ether oxygens (including phenoxy) is 1. The van der Waals surface area contributed by atoms with E-state index in [0.29, 0.717) is 6.54 Å². The Balaban J connectivity index is 1.73. The number of rotatable bonds is 2. The summed E-state index contributed by atoms with van der Waals surface area (Å²) in [4.78, 5) is 25.7. The number of imide groups is 1. The van der Waals surface area contributed by atoms with Crippen LogP contribution in [0.5, 0.6) is 0 Å². The minimum atomic E-state index is -0.103. The summed E-state index contributed by atoms with van der Waals surface area (Å²) in [6, 6.07) is 0. The smallest absolute Gasteiger partial charge is 0.233 e. The largest absolute Gasteiger partial charge is 0.376 e. The quantitative estimate of drug-likeness (QED) is 0.532. The summed E-state index contributed by atoms with van der Waals surface area (Å²) in [6.45, 7) is 1.22. The van der Waals surface area contributed by atoms with Crippen LogP contribution in [0.3, 0.4) is 0 Å². The van der Waals surface area contributed by atoms with Gasteiger partial charge in [-0.1, -0.05) is 12.2 Å². The van der Waals surface area contributed by atoms with Gasteiger partial charge in [0.05, 0.1) is 24.5 Å². The first-order valence-corrected chi connectivity index (χ1v) is 6.39. The first-order valence-electron chi connectivity index (χ1n) is 6.39. The van der Waals surface area contributed by atoms with E-state index in [1.165, 1.54) is 4.90 Å². The molecule has 0 spiro atoms. The number of allylic oxidation sites excluding steroid dienone is 2. The summed E-state index contributed by atoms with van der Waals surface area (Å²) in [5.74, 6) is -0.178. The minimum absolute atomic E-state index is 0.0138. The van der Waals surface area contributed by atoms with Crippen LogP contribution >= 0.6 is 0 Å². The molecule has 3 aliphatic rings. The average molecular weight is 235 g/mol. The van der Waals surface area contributed by atoms with Crippen LogP contribution in [0.4, 0.5) is 0 Å². The summed E-state index contributed by atoms with van der Waals surface area (Å²) in [7, 11) is 0. The maximum absolute atomic E-state index is 12.2. The molecule has 0 bridgehead atoms. The highest BCUT2D eigenvalue weighted by molar-refractivity contribution is 6.05. The van der Waals surface area contributed by atoms with Crippen molar-refractivity contribution in [3.8, 4) is 0 Å². The molecule has 0 aromatic rings. The minimum Gasteiger partial charge on any atom is -0.376 e. The molecule has 3 rings (SSSR count). The molecule has 92 valence electrons. The highest BCUT2D eigenvalue weighted by atomic mass is 16.5. The standard InChI is InChI=1S/C13H17NO3/c15-12-10-5-1-2-6-11(10)13(16)14(12)8-9-4-3-7-17-9/h1-2,9-11H,3-8H2/t9-,10-,11+/m0/s1. The van der Waals surface area contributed by atoms with Crippen molar-refractivity contribution in [3.63, 3.8) is 0 Å². The second-order valence-electron chi connectivity index (χ2n) is 5.08. The molecule has 0 unspecified atom stereocenters.